The number of aryl methyl sites for hydroxylation is 1. The standard InChI is InChI=1S/C14H7F5N2/c1-6-2-3-7(4-5-20)14(21-6)8-9(15)11(17)13(19)12(18)10(8)16/h2-3H,4H2,1H3. The van der Waals surface area contributed by atoms with Crippen LogP contribution in [0.3, 0.4) is 0 Å². The monoisotopic (exact) mass is 298 g/mol. The van der Waals surface area contributed by atoms with Crippen LogP contribution < -0.4 is 0 Å². The molecule has 0 spiro atoms. The van der Waals surface area contributed by atoms with E-state index in [9.17, 15) is 22.0 Å². The van der Waals surface area contributed by atoms with E-state index < -0.39 is 40.3 Å². The fourth-order valence-electron chi connectivity index (χ4n) is 1.84. The van der Waals surface area contributed by atoms with E-state index >= 15 is 0 Å². The average molecular weight is 298 g/mol. The predicted molar refractivity (Wildman–Crippen MR) is 63.5 cm³/mol. The third-order valence-corrected chi connectivity index (χ3v) is 2.83. The molecule has 2 rings (SSSR count). The van der Waals surface area contributed by atoms with E-state index in [4.69, 9.17) is 5.26 Å². The van der Waals surface area contributed by atoms with Crippen LogP contribution >= 0.6 is 0 Å². The molecule has 0 amide bonds. The molecule has 7 heteroatoms. The zero-order valence-electron chi connectivity index (χ0n) is 10.6. The Morgan fingerprint density at radius 1 is 0.952 bits per heavy atom. The van der Waals surface area contributed by atoms with Crippen LogP contribution in [0.25, 0.3) is 11.3 Å². The Morgan fingerprint density at radius 2 is 1.48 bits per heavy atom. The highest BCUT2D eigenvalue weighted by Crippen LogP contribution is 2.32. The Bertz CT molecular complexity index is 736. The van der Waals surface area contributed by atoms with Crippen molar-refractivity contribution in [3.8, 4) is 17.3 Å². The Hall–Kier alpha value is -2.49. The Kier molecular flexibility index (Phi) is 3.89. The van der Waals surface area contributed by atoms with Crippen molar-refractivity contribution in [2.24, 2.45) is 0 Å². The molecule has 0 saturated heterocycles. The van der Waals surface area contributed by atoms with Gasteiger partial charge in [-0.2, -0.15) is 5.26 Å². The van der Waals surface area contributed by atoms with Crippen molar-refractivity contribution in [1.82, 2.24) is 4.98 Å². The number of rotatable bonds is 2. The van der Waals surface area contributed by atoms with Gasteiger partial charge in [-0.3, -0.25) is 4.98 Å². The summed E-state index contributed by atoms with van der Waals surface area (Å²) in [4.78, 5) is 3.81. The summed E-state index contributed by atoms with van der Waals surface area (Å²) < 4.78 is 67.1. The summed E-state index contributed by atoms with van der Waals surface area (Å²) in [5.74, 6) is -10.3. The second-order valence-corrected chi connectivity index (χ2v) is 4.24. The minimum Gasteiger partial charge on any atom is -0.253 e. The maximum Gasteiger partial charge on any atom is 0.200 e. The normalized spacial score (nSPS) is 10.5. The average Bonchev–Trinajstić information content (AvgIpc) is 2.46. The molecular formula is C14H7F5N2. The van der Waals surface area contributed by atoms with Crippen molar-refractivity contribution < 1.29 is 22.0 Å². The summed E-state index contributed by atoms with van der Waals surface area (Å²) in [7, 11) is 0. The molecule has 0 N–H and O–H groups in total. The number of hydrogen-bond acceptors (Lipinski definition) is 2. The summed E-state index contributed by atoms with van der Waals surface area (Å²) >= 11 is 0. The van der Waals surface area contributed by atoms with Gasteiger partial charge in [0.1, 0.15) is 0 Å². The molecular weight excluding hydrogens is 291 g/mol. The molecule has 0 aliphatic heterocycles. The van der Waals surface area contributed by atoms with Gasteiger partial charge in [-0.05, 0) is 18.6 Å². The molecule has 0 saturated carbocycles. The Morgan fingerprint density at radius 3 is 2.00 bits per heavy atom. The molecule has 0 fully saturated rings. The van der Waals surface area contributed by atoms with E-state index in [2.05, 4.69) is 4.98 Å². The van der Waals surface area contributed by atoms with Crippen molar-refractivity contribution in [2.45, 2.75) is 13.3 Å². The van der Waals surface area contributed by atoms with Crippen LogP contribution in [0.2, 0.25) is 0 Å². The summed E-state index contributed by atoms with van der Waals surface area (Å²) in [5, 5.41) is 8.68. The van der Waals surface area contributed by atoms with Crippen molar-refractivity contribution in [1.29, 1.82) is 5.26 Å². The van der Waals surface area contributed by atoms with Gasteiger partial charge in [0.25, 0.3) is 0 Å². The van der Waals surface area contributed by atoms with Crippen LogP contribution in [0.1, 0.15) is 11.3 Å². The number of aromatic nitrogens is 1. The van der Waals surface area contributed by atoms with E-state index in [-0.39, 0.29) is 12.0 Å². The zero-order chi connectivity index (χ0) is 15.7. The SMILES string of the molecule is Cc1ccc(CC#N)c(-c2c(F)c(F)c(F)c(F)c2F)n1. The van der Waals surface area contributed by atoms with E-state index in [1.54, 1.807) is 6.07 Å². The van der Waals surface area contributed by atoms with Crippen LogP contribution in [-0.2, 0) is 6.42 Å². The first-order chi connectivity index (χ1) is 9.88. The van der Waals surface area contributed by atoms with Gasteiger partial charge >= 0.3 is 0 Å². The van der Waals surface area contributed by atoms with E-state index in [1.807, 2.05) is 0 Å². The van der Waals surface area contributed by atoms with E-state index in [1.165, 1.54) is 19.1 Å². The molecule has 0 unspecified atom stereocenters. The van der Waals surface area contributed by atoms with Crippen molar-refractivity contribution in [2.75, 3.05) is 0 Å². The predicted octanol–water partition coefficient (Wildman–Crippen LogP) is 3.82. The lowest BCUT2D eigenvalue weighted by molar-refractivity contribution is 0.381. The van der Waals surface area contributed by atoms with Gasteiger partial charge in [-0.1, -0.05) is 6.07 Å². The lowest BCUT2D eigenvalue weighted by Gasteiger charge is -2.11. The molecule has 2 nitrogen and oxygen atoms in total. The number of hydrogen-bond donors (Lipinski definition) is 0. The second kappa shape index (κ2) is 5.48. The first-order valence-electron chi connectivity index (χ1n) is 5.73. The molecule has 21 heavy (non-hydrogen) atoms. The van der Waals surface area contributed by atoms with Crippen LogP contribution in [0.15, 0.2) is 12.1 Å². The number of nitriles is 1. The summed E-state index contributed by atoms with van der Waals surface area (Å²) in [5.41, 5.74) is -1.16. The fourth-order valence-corrected chi connectivity index (χ4v) is 1.84. The molecule has 108 valence electrons. The maximum absolute atomic E-state index is 13.8. The highest BCUT2D eigenvalue weighted by Gasteiger charge is 2.28. The first kappa shape index (κ1) is 14.9. The van der Waals surface area contributed by atoms with Gasteiger partial charge in [0.2, 0.25) is 5.82 Å². The first-order valence-corrected chi connectivity index (χ1v) is 5.73. The maximum atomic E-state index is 13.8. The van der Waals surface area contributed by atoms with Gasteiger partial charge in [-0.25, -0.2) is 22.0 Å². The van der Waals surface area contributed by atoms with Gasteiger partial charge in [0, 0.05) is 5.69 Å². The summed E-state index contributed by atoms with van der Waals surface area (Å²) in [6.07, 6.45) is -0.276. The minimum absolute atomic E-state index is 0.0753. The number of pyridine rings is 1. The topological polar surface area (TPSA) is 36.7 Å². The van der Waals surface area contributed by atoms with Gasteiger partial charge in [0.05, 0.1) is 23.7 Å². The molecule has 1 heterocycles. The van der Waals surface area contributed by atoms with Crippen molar-refractivity contribution in [3.05, 3.63) is 52.5 Å². The minimum atomic E-state index is -2.23. The highest BCUT2D eigenvalue weighted by atomic mass is 19.2. The molecule has 0 aliphatic carbocycles. The third kappa shape index (κ3) is 2.44. The lowest BCUT2D eigenvalue weighted by atomic mass is 10.0. The molecule has 1 aromatic carbocycles. The molecule has 0 bridgehead atoms. The van der Waals surface area contributed by atoms with Gasteiger partial charge in [0.15, 0.2) is 23.3 Å². The molecule has 0 radical (unpaired) electrons. The van der Waals surface area contributed by atoms with Crippen LogP contribution in [0.4, 0.5) is 22.0 Å². The third-order valence-electron chi connectivity index (χ3n) is 2.83. The van der Waals surface area contributed by atoms with Gasteiger partial charge < -0.3 is 0 Å². The zero-order valence-corrected chi connectivity index (χ0v) is 10.6. The molecule has 0 atom stereocenters. The van der Waals surface area contributed by atoms with E-state index in [0.29, 0.717) is 5.69 Å². The Labute approximate surface area is 116 Å². The smallest absolute Gasteiger partial charge is 0.200 e. The molecule has 1 aromatic heterocycles. The van der Waals surface area contributed by atoms with Crippen LogP contribution in [0.5, 0.6) is 0 Å². The van der Waals surface area contributed by atoms with Crippen LogP contribution in [-0.4, -0.2) is 4.98 Å². The number of benzene rings is 1. The quantitative estimate of drug-likeness (QED) is 0.480. The summed E-state index contributed by atoms with van der Waals surface area (Å²) in [6, 6.07) is 4.58. The van der Waals surface area contributed by atoms with Crippen molar-refractivity contribution >= 4 is 0 Å². The largest absolute Gasteiger partial charge is 0.253 e. The van der Waals surface area contributed by atoms with E-state index in [0.717, 1.165) is 0 Å². The summed E-state index contributed by atoms with van der Waals surface area (Å²) in [6.45, 7) is 1.49. The lowest BCUT2D eigenvalue weighted by Crippen LogP contribution is -2.07. The number of halogens is 5. The number of nitrogens with zero attached hydrogens (tertiary/aromatic N) is 2. The van der Waals surface area contributed by atoms with Gasteiger partial charge in [-0.15, -0.1) is 0 Å². The molecule has 0 aliphatic rings. The van der Waals surface area contributed by atoms with Crippen LogP contribution in [0, 0.1) is 47.3 Å². The molecule has 2 aromatic rings. The highest BCUT2D eigenvalue weighted by molar-refractivity contribution is 5.65. The van der Waals surface area contributed by atoms with Crippen molar-refractivity contribution in [3.63, 3.8) is 0 Å². The Balaban J connectivity index is 2.85. The second-order valence-electron chi connectivity index (χ2n) is 4.24. The fraction of sp³-hybridized carbons (Fsp3) is 0.143.